The summed E-state index contributed by atoms with van der Waals surface area (Å²) in [6, 6.07) is 19.0. The lowest BCUT2D eigenvalue weighted by molar-refractivity contribution is -0.142. The van der Waals surface area contributed by atoms with Crippen molar-refractivity contribution in [3.05, 3.63) is 102 Å². The molecule has 6 heteroatoms. The quantitative estimate of drug-likeness (QED) is 0.360. The van der Waals surface area contributed by atoms with Crippen LogP contribution < -0.4 is 15.6 Å². The topological polar surface area (TPSA) is 46.5 Å². The summed E-state index contributed by atoms with van der Waals surface area (Å²) in [5.74, 6) is -1.47. The number of hydrogen-bond donors (Lipinski definition) is 1. The molecular formula is C24H22F2O3Si. The Balaban J connectivity index is 2.27. The summed E-state index contributed by atoms with van der Waals surface area (Å²) in [6.45, 7) is 4.74. The van der Waals surface area contributed by atoms with Crippen LogP contribution in [0, 0.1) is 11.6 Å². The first-order chi connectivity index (χ1) is 14.4. The average molecular weight is 425 g/mol. The van der Waals surface area contributed by atoms with Gasteiger partial charge >= 0.3 is 5.97 Å². The minimum atomic E-state index is -2.90. The molecule has 0 amide bonds. The van der Waals surface area contributed by atoms with Gasteiger partial charge in [-0.25, -0.2) is 8.78 Å². The molecule has 3 nitrogen and oxygen atoms in total. The lowest BCUT2D eigenvalue weighted by Crippen LogP contribution is -2.66. The van der Waals surface area contributed by atoms with E-state index in [1.807, 2.05) is 36.0 Å². The smallest absolute Gasteiger partial charge is 0.302 e. The van der Waals surface area contributed by atoms with Crippen LogP contribution in [0.3, 0.4) is 0 Å². The van der Waals surface area contributed by atoms with Gasteiger partial charge in [0, 0.05) is 18.1 Å². The predicted octanol–water partition coefficient (Wildman–Crippen LogP) is 2.72. The van der Waals surface area contributed by atoms with E-state index in [0.29, 0.717) is 0 Å². The summed E-state index contributed by atoms with van der Waals surface area (Å²) in [4.78, 5) is 11.2. The van der Waals surface area contributed by atoms with Crippen molar-refractivity contribution < 1.29 is 23.4 Å². The van der Waals surface area contributed by atoms with Gasteiger partial charge in [0.05, 0.1) is 6.61 Å². The molecule has 0 aromatic heterocycles. The Kier molecular flexibility index (Phi) is 6.59. The highest BCUT2D eigenvalue weighted by atomic mass is 28.3. The van der Waals surface area contributed by atoms with Gasteiger partial charge in [-0.15, -0.1) is 6.58 Å². The van der Waals surface area contributed by atoms with E-state index in [-0.39, 0.29) is 17.7 Å². The Hall–Kier alpha value is -3.09. The molecule has 0 heterocycles. The maximum Gasteiger partial charge on any atom is 0.302 e. The molecule has 154 valence electrons. The second-order valence-electron chi connectivity index (χ2n) is 6.93. The number of rotatable bonds is 7. The van der Waals surface area contributed by atoms with Gasteiger partial charge in [-0.05, 0) is 27.7 Å². The molecule has 0 bridgehead atoms. The van der Waals surface area contributed by atoms with Crippen molar-refractivity contribution in [2.24, 2.45) is 0 Å². The van der Waals surface area contributed by atoms with Gasteiger partial charge in [-0.1, -0.05) is 60.3 Å². The number of carbonyl (C=O) groups is 1. The van der Waals surface area contributed by atoms with Gasteiger partial charge in [0.1, 0.15) is 18.2 Å². The van der Waals surface area contributed by atoms with Gasteiger partial charge < -0.3 is 9.84 Å². The zero-order valence-corrected chi connectivity index (χ0v) is 17.6. The van der Waals surface area contributed by atoms with E-state index >= 15 is 0 Å². The fourth-order valence-corrected chi connectivity index (χ4v) is 7.53. The van der Waals surface area contributed by atoms with Crippen molar-refractivity contribution >= 4 is 29.6 Å². The molecular weight excluding hydrogens is 402 g/mol. The highest BCUT2D eigenvalue weighted by molar-refractivity contribution is 7.14. The second-order valence-corrected chi connectivity index (χ2v) is 10.7. The molecule has 0 spiro atoms. The normalized spacial score (nSPS) is 12.8. The molecule has 0 saturated carbocycles. The molecule has 30 heavy (non-hydrogen) atoms. The second kappa shape index (κ2) is 9.15. The summed E-state index contributed by atoms with van der Waals surface area (Å²) in [5, 5.41) is 12.2. The molecule has 0 saturated heterocycles. The van der Waals surface area contributed by atoms with E-state index < -0.39 is 32.3 Å². The van der Waals surface area contributed by atoms with Gasteiger partial charge in [0.15, 0.2) is 8.07 Å². The number of ether oxygens (including phenoxy) is 1. The van der Waals surface area contributed by atoms with Crippen molar-refractivity contribution in [1.82, 2.24) is 0 Å². The molecule has 0 unspecified atom stereocenters. The van der Waals surface area contributed by atoms with Crippen LogP contribution >= 0.6 is 0 Å². The Labute approximate surface area is 175 Å². The summed E-state index contributed by atoms with van der Waals surface area (Å²) in [5.41, 5.74) is 2.28. The maximum atomic E-state index is 14.4. The maximum absolute atomic E-state index is 14.4. The van der Waals surface area contributed by atoms with E-state index in [4.69, 9.17) is 4.74 Å². The third-order valence-corrected chi connectivity index (χ3v) is 9.44. The molecule has 3 rings (SSSR count). The Morgan fingerprint density at radius 2 is 1.53 bits per heavy atom. The highest BCUT2D eigenvalue weighted by Crippen LogP contribution is 2.15. The molecule has 0 radical (unpaired) electrons. The van der Waals surface area contributed by atoms with Crippen molar-refractivity contribution in [3.8, 4) is 0 Å². The van der Waals surface area contributed by atoms with Crippen LogP contribution in [0.25, 0.3) is 0 Å². The molecule has 0 aliphatic rings. The first-order valence-corrected chi connectivity index (χ1v) is 11.5. The monoisotopic (exact) mass is 424 g/mol. The third-order valence-electron chi connectivity index (χ3n) is 5.14. The van der Waals surface area contributed by atoms with Crippen LogP contribution in [0.5, 0.6) is 0 Å². The summed E-state index contributed by atoms with van der Waals surface area (Å²) < 4.78 is 33.5. The predicted molar refractivity (Wildman–Crippen MR) is 115 cm³/mol. The summed E-state index contributed by atoms with van der Waals surface area (Å²) in [6.07, 6.45) is 0. The van der Waals surface area contributed by atoms with Crippen LogP contribution in [0.4, 0.5) is 8.78 Å². The number of benzene rings is 3. The first-order valence-electron chi connectivity index (χ1n) is 9.43. The lowest BCUT2D eigenvalue weighted by atomic mass is 10.2. The number of hydrogen-bond acceptors (Lipinski definition) is 3. The minimum Gasteiger partial charge on any atom is -0.461 e. The summed E-state index contributed by atoms with van der Waals surface area (Å²) >= 11 is 0. The van der Waals surface area contributed by atoms with Crippen LogP contribution in [-0.2, 0) is 22.7 Å². The number of carbonyl (C=O) groups excluding carboxylic acids is 1. The van der Waals surface area contributed by atoms with E-state index in [0.717, 1.165) is 15.6 Å². The third kappa shape index (κ3) is 4.10. The van der Waals surface area contributed by atoms with E-state index in [9.17, 15) is 18.7 Å². The molecule has 0 fully saturated rings. The Morgan fingerprint density at radius 3 is 2.07 bits per heavy atom. The van der Waals surface area contributed by atoms with Crippen molar-refractivity contribution in [2.75, 3.05) is 0 Å². The fraction of sp³-hybridized carbons (Fsp3) is 0.125. The zero-order chi connectivity index (χ0) is 21.7. The first kappa shape index (κ1) is 21.6. The molecule has 1 N–H and O–H groups in total. The fourth-order valence-electron chi connectivity index (χ4n) is 3.61. The van der Waals surface area contributed by atoms with Gasteiger partial charge in [0.25, 0.3) is 0 Å². The van der Waals surface area contributed by atoms with Crippen LogP contribution in [-0.4, -0.2) is 19.1 Å². The average Bonchev–Trinajstić information content (AvgIpc) is 2.76. The molecule has 1 atom stereocenters. The highest BCUT2D eigenvalue weighted by Gasteiger charge is 2.37. The van der Waals surface area contributed by atoms with E-state index in [1.165, 1.54) is 19.1 Å². The number of esters is 1. The van der Waals surface area contributed by atoms with Crippen molar-refractivity contribution in [1.29, 1.82) is 0 Å². The van der Waals surface area contributed by atoms with Crippen molar-refractivity contribution in [3.63, 3.8) is 0 Å². The molecule has 3 aromatic rings. The molecule has 0 aliphatic heterocycles. The van der Waals surface area contributed by atoms with Crippen LogP contribution in [0.1, 0.15) is 18.1 Å². The van der Waals surface area contributed by atoms with Gasteiger partial charge in [0.2, 0.25) is 0 Å². The van der Waals surface area contributed by atoms with Crippen LogP contribution in [0.15, 0.2) is 79.0 Å². The number of halogens is 2. The summed E-state index contributed by atoms with van der Waals surface area (Å²) in [7, 11) is -2.90. The van der Waals surface area contributed by atoms with Gasteiger partial charge in [-0.2, -0.15) is 0 Å². The largest absolute Gasteiger partial charge is 0.461 e. The van der Waals surface area contributed by atoms with Crippen LogP contribution in [0.2, 0.25) is 0 Å². The Bertz CT molecular complexity index is 1070. The number of aliphatic hydroxyl groups excluding tert-OH is 1. The molecule has 0 aliphatic carbocycles. The van der Waals surface area contributed by atoms with Gasteiger partial charge in [-0.3, -0.25) is 4.79 Å². The SMILES string of the molecule is C=C[Si@](c1ccccc1)(c1ccc(F)c(CO)c1)c1ccc(F)c(COC(C)=O)c1. The standard InChI is InChI=1S/C24H22F2O3Si/c1-3-30(20-7-5-4-6-8-20,21-9-11-23(25)18(13-21)15-27)22-10-12-24(26)19(14-22)16-29-17(2)28/h3-14,27H,1,15-16H2,2H3/t30-/m0/s1. The number of aliphatic hydroxyl groups is 1. The lowest BCUT2D eigenvalue weighted by Gasteiger charge is -2.31. The van der Waals surface area contributed by atoms with E-state index in [2.05, 4.69) is 6.58 Å². The van der Waals surface area contributed by atoms with Crippen molar-refractivity contribution in [2.45, 2.75) is 20.1 Å². The Morgan fingerprint density at radius 1 is 0.967 bits per heavy atom. The molecule has 3 aromatic carbocycles. The minimum absolute atomic E-state index is 0.184. The zero-order valence-electron chi connectivity index (χ0n) is 16.6. The van der Waals surface area contributed by atoms with E-state index in [1.54, 1.807) is 24.3 Å².